The van der Waals surface area contributed by atoms with E-state index >= 15 is 0 Å². The van der Waals surface area contributed by atoms with Crippen molar-refractivity contribution in [2.24, 2.45) is 0 Å². The number of nitrogens with two attached hydrogens (primary N) is 1. The molecule has 0 aliphatic carbocycles. The first-order valence-electron chi connectivity index (χ1n) is 6.00. The fourth-order valence-electron chi connectivity index (χ4n) is 2.05. The Kier molecular flexibility index (Phi) is 4.69. The highest BCUT2D eigenvalue weighted by atomic mass is 16.4. The molecule has 0 radical (unpaired) electrons. The number of allylic oxidation sites excluding steroid dienone is 1. The van der Waals surface area contributed by atoms with Crippen molar-refractivity contribution in [2.45, 2.75) is 26.7 Å². The molecule has 1 aromatic carbocycles. The van der Waals surface area contributed by atoms with Crippen LogP contribution in [0.25, 0.3) is 5.57 Å². The lowest BCUT2D eigenvalue weighted by atomic mass is 9.92. The third kappa shape index (κ3) is 3.13. The maximum Gasteiger partial charge on any atom is 0.343 e. The largest absolute Gasteiger partial charge is 0.477 e. The Balaban J connectivity index is 3.58. The molecule has 1 rings (SSSR count). The minimum absolute atomic E-state index is 0.317. The third-order valence-corrected chi connectivity index (χ3v) is 2.92. The molecule has 5 heteroatoms. The Labute approximate surface area is 111 Å². The molecule has 4 N–H and O–H groups in total. The van der Waals surface area contributed by atoms with E-state index in [0.29, 0.717) is 29.7 Å². The molecule has 0 saturated heterocycles. The van der Waals surface area contributed by atoms with Crippen LogP contribution in [0, 0.1) is 0 Å². The molecule has 0 aromatic heterocycles. The first-order chi connectivity index (χ1) is 8.92. The Morgan fingerprint density at radius 3 is 2.16 bits per heavy atom. The number of aliphatic carboxylic acids is 2. The summed E-state index contributed by atoms with van der Waals surface area (Å²) >= 11 is 0. The molecule has 0 saturated carbocycles. The molecule has 0 unspecified atom stereocenters. The van der Waals surface area contributed by atoms with Crippen molar-refractivity contribution in [2.75, 3.05) is 5.73 Å². The van der Waals surface area contributed by atoms with Crippen LogP contribution < -0.4 is 5.73 Å². The van der Waals surface area contributed by atoms with Crippen molar-refractivity contribution in [1.82, 2.24) is 0 Å². The van der Waals surface area contributed by atoms with Crippen LogP contribution in [-0.2, 0) is 16.0 Å². The number of anilines is 1. The fourth-order valence-corrected chi connectivity index (χ4v) is 2.05. The van der Waals surface area contributed by atoms with Crippen molar-refractivity contribution in [1.29, 1.82) is 0 Å². The maximum absolute atomic E-state index is 11.1. The highest BCUT2D eigenvalue weighted by Crippen LogP contribution is 2.28. The number of benzene rings is 1. The van der Waals surface area contributed by atoms with Crippen molar-refractivity contribution in [3.63, 3.8) is 0 Å². The highest BCUT2D eigenvalue weighted by Gasteiger charge is 2.23. The minimum atomic E-state index is -1.43. The van der Waals surface area contributed by atoms with Gasteiger partial charge < -0.3 is 15.9 Å². The van der Waals surface area contributed by atoms with Crippen LogP contribution in [0.1, 0.15) is 31.4 Å². The second-order valence-corrected chi connectivity index (χ2v) is 4.09. The van der Waals surface area contributed by atoms with Crippen LogP contribution in [0.15, 0.2) is 23.8 Å². The predicted molar refractivity (Wildman–Crippen MR) is 72.7 cm³/mol. The quantitative estimate of drug-likeness (QED) is 0.327. The van der Waals surface area contributed by atoms with E-state index in [4.69, 9.17) is 15.9 Å². The lowest BCUT2D eigenvalue weighted by Crippen LogP contribution is -2.14. The topological polar surface area (TPSA) is 101 Å². The SMILES string of the molecule is CCC(=C(C(=O)O)C(=O)O)c1ccc(N)cc1CC. The predicted octanol–water partition coefficient (Wildman–Crippen LogP) is 2.16. The number of nitrogen functional groups attached to an aromatic ring is 1. The van der Waals surface area contributed by atoms with E-state index in [1.54, 1.807) is 25.1 Å². The number of hydrogen-bond acceptors (Lipinski definition) is 3. The molecule has 0 amide bonds. The average molecular weight is 263 g/mol. The Morgan fingerprint density at radius 1 is 1.16 bits per heavy atom. The zero-order chi connectivity index (χ0) is 14.6. The number of carbonyl (C=O) groups is 2. The number of carboxylic acid groups (broad SMARTS) is 2. The second kappa shape index (κ2) is 6.04. The van der Waals surface area contributed by atoms with Gasteiger partial charge >= 0.3 is 11.9 Å². The van der Waals surface area contributed by atoms with Crippen LogP contribution in [0.2, 0.25) is 0 Å². The van der Waals surface area contributed by atoms with Gasteiger partial charge in [0.1, 0.15) is 5.57 Å². The lowest BCUT2D eigenvalue weighted by molar-refractivity contribution is -0.140. The summed E-state index contributed by atoms with van der Waals surface area (Å²) in [4.78, 5) is 22.2. The summed E-state index contributed by atoms with van der Waals surface area (Å²) in [6.07, 6.45) is 0.973. The molecule has 0 spiro atoms. The van der Waals surface area contributed by atoms with Crippen molar-refractivity contribution >= 4 is 23.2 Å². The van der Waals surface area contributed by atoms with Crippen molar-refractivity contribution in [3.05, 3.63) is 34.9 Å². The molecule has 1 aromatic rings. The maximum atomic E-state index is 11.1. The molecule has 0 atom stereocenters. The van der Waals surface area contributed by atoms with Crippen LogP contribution in [0.5, 0.6) is 0 Å². The van der Waals surface area contributed by atoms with Gasteiger partial charge in [0, 0.05) is 5.69 Å². The molecule has 102 valence electrons. The van der Waals surface area contributed by atoms with Crippen LogP contribution in [0.3, 0.4) is 0 Å². The summed E-state index contributed by atoms with van der Waals surface area (Å²) in [5.41, 5.74) is 7.48. The van der Waals surface area contributed by atoms with Crippen LogP contribution in [0.4, 0.5) is 5.69 Å². The number of carboxylic acids is 2. The van der Waals surface area contributed by atoms with Gasteiger partial charge in [0.15, 0.2) is 0 Å². The molecular formula is C14H17NO4. The molecule has 0 aliphatic rings. The molecule has 0 heterocycles. The first kappa shape index (κ1) is 14.8. The zero-order valence-electron chi connectivity index (χ0n) is 10.9. The highest BCUT2D eigenvalue weighted by molar-refractivity contribution is 6.18. The number of hydrogen-bond donors (Lipinski definition) is 3. The van der Waals surface area contributed by atoms with Gasteiger partial charge in [-0.25, -0.2) is 9.59 Å². The second-order valence-electron chi connectivity index (χ2n) is 4.09. The van der Waals surface area contributed by atoms with Crippen molar-refractivity contribution in [3.8, 4) is 0 Å². The van der Waals surface area contributed by atoms with E-state index < -0.39 is 17.5 Å². The minimum Gasteiger partial charge on any atom is -0.477 e. The Bertz CT molecular complexity index is 530. The van der Waals surface area contributed by atoms with E-state index in [1.807, 2.05) is 6.92 Å². The van der Waals surface area contributed by atoms with Crippen molar-refractivity contribution < 1.29 is 19.8 Å². The molecule has 0 fully saturated rings. The average Bonchev–Trinajstić information content (AvgIpc) is 2.34. The van der Waals surface area contributed by atoms with Gasteiger partial charge in [0.05, 0.1) is 0 Å². The lowest BCUT2D eigenvalue weighted by Gasteiger charge is -2.13. The Morgan fingerprint density at radius 2 is 1.74 bits per heavy atom. The van der Waals surface area contributed by atoms with E-state index in [2.05, 4.69) is 0 Å². The fraction of sp³-hybridized carbons (Fsp3) is 0.286. The summed E-state index contributed by atoms with van der Waals surface area (Å²) in [6, 6.07) is 5.07. The van der Waals surface area contributed by atoms with Crippen LogP contribution >= 0.6 is 0 Å². The summed E-state index contributed by atoms with van der Waals surface area (Å²) in [5.74, 6) is -2.86. The van der Waals surface area contributed by atoms with Gasteiger partial charge in [0.2, 0.25) is 0 Å². The molecule has 19 heavy (non-hydrogen) atoms. The summed E-state index contributed by atoms with van der Waals surface area (Å²) in [6.45, 7) is 3.64. The van der Waals surface area contributed by atoms with E-state index in [-0.39, 0.29) is 0 Å². The molecule has 0 aliphatic heterocycles. The van der Waals surface area contributed by atoms with E-state index in [1.165, 1.54) is 0 Å². The Hall–Kier alpha value is -2.30. The van der Waals surface area contributed by atoms with E-state index in [0.717, 1.165) is 5.56 Å². The van der Waals surface area contributed by atoms with E-state index in [9.17, 15) is 9.59 Å². The summed E-state index contributed by atoms with van der Waals surface area (Å²) in [5, 5.41) is 18.1. The number of rotatable bonds is 5. The zero-order valence-corrected chi connectivity index (χ0v) is 10.9. The third-order valence-electron chi connectivity index (χ3n) is 2.92. The van der Waals surface area contributed by atoms with Gasteiger partial charge in [-0.2, -0.15) is 0 Å². The normalized spacial score (nSPS) is 10.0. The standard InChI is InChI=1S/C14H17NO4/c1-3-8-7-9(15)5-6-11(8)10(4-2)12(13(16)17)14(18)19/h5-7H,3-4,15H2,1-2H3,(H,16,17)(H,18,19). The van der Waals surface area contributed by atoms with Crippen LogP contribution in [-0.4, -0.2) is 22.2 Å². The monoisotopic (exact) mass is 263 g/mol. The van der Waals surface area contributed by atoms with Gasteiger partial charge in [0.25, 0.3) is 0 Å². The van der Waals surface area contributed by atoms with Gasteiger partial charge in [-0.05, 0) is 41.7 Å². The summed E-state index contributed by atoms with van der Waals surface area (Å²) in [7, 11) is 0. The smallest absolute Gasteiger partial charge is 0.343 e. The first-order valence-corrected chi connectivity index (χ1v) is 6.00. The molecule has 5 nitrogen and oxygen atoms in total. The molecular weight excluding hydrogens is 246 g/mol. The van der Waals surface area contributed by atoms with Gasteiger partial charge in [-0.15, -0.1) is 0 Å². The van der Waals surface area contributed by atoms with Gasteiger partial charge in [-0.1, -0.05) is 19.9 Å². The van der Waals surface area contributed by atoms with Gasteiger partial charge in [-0.3, -0.25) is 0 Å². The number of aryl methyl sites for hydroxylation is 1. The summed E-state index contributed by atoms with van der Waals surface area (Å²) < 4.78 is 0. The molecule has 0 bridgehead atoms.